The van der Waals surface area contributed by atoms with Crippen molar-refractivity contribution in [3.8, 4) is 6.07 Å². The predicted molar refractivity (Wildman–Crippen MR) is 88.5 cm³/mol. The molecule has 1 aromatic heterocycles. The Morgan fingerprint density at radius 3 is 2.19 bits per heavy atom. The van der Waals surface area contributed by atoms with Crippen molar-refractivity contribution in [3.05, 3.63) is 80.9 Å². The highest BCUT2D eigenvalue weighted by molar-refractivity contribution is 5.73. The number of nitrogens with zero attached hydrogens (tertiary/aromatic N) is 7. The molecule has 0 spiro atoms. The minimum Gasteiger partial charge on any atom is -0.258 e. The number of benzene rings is 2. The average Bonchev–Trinajstić information content (AvgIpc) is 3.16. The van der Waals surface area contributed by atoms with Crippen LogP contribution in [-0.2, 0) is 0 Å². The number of hydrogen-bond donors (Lipinski definition) is 0. The predicted octanol–water partition coefficient (Wildman–Crippen LogP) is 2.57. The van der Waals surface area contributed by atoms with E-state index in [1.807, 2.05) is 6.07 Å². The van der Waals surface area contributed by atoms with Gasteiger partial charge in [0.2, 0.25) is 0 Å². The number of nitro benzene ring substituents is 2. The van der Waals surface area contributed by atoms with Gasteiger partial charge in [0.15, 0.2) is 0 Å². The molecule has 128 valence electrons. The molecule has 2 aromatic carbocycles. The van der Waals surface area contributed by atoms with E-state index in [0.29, 0.717) is 11.3 Å². The summed E-state index contributed by atoms with van der Waals surface area (Å²) in [4.78, 5) is 21.0. The van der Waals surface area contributed by atoms with Gasteiger partial charge in [-0.3, -0.25) is 20.2 Å². The first-order valence-electron chi connectivity index (χ1n) is 7.09. The summed E-state index contributed by atoms with van der Waals surface area (Å²) < 4.78 is 1.38. The Morgan fingerprint density at radius 2 is 1.65 bits per heavy atom. The number of nitriles is 1. The van der Waals surface area contributed by atoms with Crippen LogP contribution in [0.15, 0.2) is 55.1 Å². The summed E-state index contributed by atoms with van der Waals surface area (Å²) in [6, 6.07) is 11.6. The van der Waals surface area contributed by atoms with E-state index in [1.165, 1.54) is 34.5 Å². The molecule has 0 radical (unpaired) electrons. The molecule has 26 heavy (non-hydrogen) atoms. The summed E-state index contributed by atoms with van der Waals surface area (Å²) in [6.45, 7) is 0. The minimum atomic E-state index is -0.707. The Labute approximate surface area is 145 Å². The van der Waals surface area contributed by atoms with E-state index in [9.17, 15) is 20.2 Å². The maximum atomic E-state index is 11.5. The Balaban J connectivity index is 2.21. The van der Waals surface area contributed by atoms with Crippen molar-refractivity contribution in [2.45, 2.75) is 0 Å². The number of nitro groups is 2. The number of anilines is 2. The molecular weight excluding hydrogens is 342 g/mol. The molecule has 0 fully saturated rings. The van der Waals surface area contributed by atoms with Crippen LogP contribution in [0.25, 0.3) is 0 Å². The van der Waals surface area contributed by atoms with Crippen LogP contribution < -0.4 is 5.01 Å². The molecule has 3 aromatic rings. The molecule has 0 saturated carbocycles. The summed E-state index contributed by atoms with van der Waals surface area (Å²) in [5.74, 6) is 0. The second kappa shape index (κ2) is 6.65. The molecule has 1 heterocycles. The van der Waals surface area contributed by atoms with Gasteiger partial charge in [-0.1, -0.05) is 0 Å². The zero-order valence-electron chi connectivity index (χ0n) is 13.0. The molecule has 0 N–H and O–H groups in total. The van der Waals surface area contributed by atoms with Gasteiger partial charge in [0.25, 0.3) is 5.69 Å². The molecule has 11 nitrogen and oxygen atoms in total. The van der Waals surface area contributed by atoms with Crippen molar-refractivity contribution in [3.63, 3.8) is 0 Å². The number of aromatic nitrogens is 3. The summed E-state index contributed by atoms with van der Waals surface area (Å²) in [5.41, 5.74) is 0.0998. The number of non-ortho nitro benzene ring substituents is 1. The van der Waals surface area contributed by atoms with Gasteiger partial charge < -0.3 is 0 Å². The van der Waals surface area contributed by atoms with Crippen molar-refractivity contribution in [2.75, 3.05) is 5.01 Å². The van der Waals surface area contributed by atoms with E-state index < -0.39 is 21.2 Å². The lowest BCUT2D eigenvalue weighted by molar-refractivity contribution is -0.393. The molecule has 0 unspecified atom stereocenters. The van der Waals surface area contributed by atoms with E-state index in [2.05, 4.69) is 10.2 Å². The van der Waals surface area contributed by atoms with Crippen LogP contribution in [0.1, 0.15) is 5.56 Å². The van der Waals surface area contributed by atoms with Crippen LogP contribution in [0.2, 0.25) is 0 Å². The van der Waals surface area contributed by atoms with Crippen LogP contribution in [0, 0.1) is 31.6 Å². The topological polar surface area (TPSA) is 144 Å². The third-order valence-electron chi connectivity index (χ3n) is 3.47. The third kappa shape index (κ3) is 3.02. The monoisotopic (exact) mass is 351 g/mol. The molecule has 0 atom stereocenters. The van der Waals surface area contributed by atoms with Gasteiger partial charge in [-0.15, -0.1) is 10.2 Å². The Hall–Kier alpha value is -4.33. The van der Waals surface area contributed by atoms with Crippen LogP contribution in [0.3, 0.4) is 0 Å². The molecule has 3 rings (SSSR count). The largest absolute Gasteiger partial charge is 0.301 e. The quantitative estimate of drug-likeness (QED) is 0.503. The third-order valence-corrected chi connectivity index (χ3v) is 3.47. The average molecular weight is 351 g/mol. The molecule has 0 bridgehead atoms. The van der Waals surface area contributed by atoms with Crippen molar-refractivity contribution in [1.29, 1.82) is 5.26 Å². The highest BCUT2D eigenvalue weighted by Crippen LogP contribution is 2.36. The summed E-state index contributed by atoms with van der Waals surface area (Å²) in [5, 5.41) is 40.1. The second-order valence-corrected chi connectivity index (χ2v) is 5.00. The van der Waals surface area contributed by atoms with Crippen LogP contribution in [0.5, 0.6) is 0 Å². The maximum absolute atomic E-state index is 11.5. The number of rotatable bonds is 5. The lowest BCUT2D eigenvalue weighted by atomic mass is 10.2. The van der Waals surface area contributed by atoms with Crippen molar-refractivity contribution in [1.82, 2.24) is 14.9 Å². The van der Waals surface area contributed by atoms with Crippen LogP contribution >= 0.6 is 0 Å². The van der Waals surface area contributed by atoms with Gasteiger partial charge in [0.05, 0.1) is 33.2 Å². The van der Waals surface area contributed by atoms with Crippen molar-refractivity contribution >= 4 is 22.7 Å². The molecule has 0 aliphatic rings. The first kappa shape index (κ1) is 16.5. The highest BCUT2D eigenvalue weighted by atomic mass is 16.6. The first-order valence-corrected chi connectivity index (χ1v) is 7.09. The standard InChI is InChI=1S/C15H9N7O4/c16-8-11-1-3-12(4-2-11)20(19-9-17-18-10-19)14-6-5-13(21(23)24)7-15(14)22(25)26/h1-7,9-10H. The van der Waals surface area contributed by atoms with Gasteiger partial charge in [-0.05, 0) is 30.3 Å². The first-order chi connectivity index (χ1) is 12.5. The fourth-order valence-corrected chi connectivity index (χ4v) is 2.32. The Bertz CT molecular complexity index is 1010. The van der Waals surface area contributed by atoms with Crippen molar-refractivity contribution in [2.24, 2.45) is 0 Å². The summed E-state index contributed by atoms with van der Waals surface area (Å²) in [6.07, 6.45) is 2.65. The summed E-state index contributed by atoms with van der Waals surface area (Å²) in [7, 11) is 0. The van der Waals surface area contributed by atoms with Crippen LogP contribution in [-0.4, -0.2) is 24.7 Å². The normalized spacial score (nSPS) is 10.1. The van der Waals surface area contributed by atoms with E-state index in [0.717, 1.165) is 6.07 Å². The van der Waals surface area contributed by atoms with Gasteiger partial charge in [0, 0.05) is 6.07 Å². The molecule has 0 aliphatic carbocycles. The molecule has 0 amide bonds. The lowest BCUT2D eigenvalue weighted by Gasteiger charge is -2.24. The second-order valence-electron chi connectivity index (χ2n) is 5.00. The van der Waals surface area contributed by atoms with Crippen molar-refractivity contribution < 1.29 is 9.85 Å². The number of hydrogen-bond acceptors (Lipinski definition) is 8. The minimum absolute atomic E-state index is 0.0742. The Kier molecular flexibility index (Phi) is 4.23. The molecule has 11 heteroatoms. The van der Waals surface area contributed by atoms with Crippen LogP contribution in [0.4, 0.5) is 22.7 Å². The fourth-order valence-electron chi connectivity index (χ4n) is 2.32. The van der Waals surface area contributed by atoms with E-state index in [-0.39, 0.29) is 5.69 Å². The van der Waals surface area contributed by atoms with Gasteiger partial charge >= 0.3 is 5.69 Å². The maximum Gasteiger partial charge on any atom is 0.301 e. The Morgan fingerprint density at radius 1 is 1.00 bits per heavy atom. The van der Waals surface area contributed by atoms with Gasteiger partial charge in [0.1, 0.15) is 18.3 Å². The van der Waals surface area contributed by atoms with E-state index >= 15 is 0 Å². The fraction of sp³-hybridized carbons (Fsp3) is 0. The highest BCUT2D eigenvalue weighted by Gasteiger charge is 2.25. The van der Waals surface area contributed by atoms with Gasteiger partial charge in [-0.2, -0.15) is 5.26 Å². The molecule has 0 saturated heterocycles. The van der Waals surface area contributed by atoms with E-state index in [4.69, 9.17) is 5.26 Å². The van der Waals surface area contributed by atoms with E-state index in [1.54, 1.807) is 24.3 Å². The molecule has 0 aliphatic heterocycles. The zero-order valence-corrected chi connectivity index (χ0v) is 13.0. The lowest BCUT2D eigenvalue weighted by Crippen LogP contribution is -2.23. The zero-order chi connectivity index (χ0) is 18.7. The summed E-state index contributed by atoms with van der Waals surface area (Å²) >= 11 is 0. The van der Waals surface area contributed by atoms with Gasteiger partial charge in [-0.25, -0.2) is 9.69 Å². The smallest absolute Gasteiger partial charge is 0.258 e. The SMILES string of the molecule is N#Cc1ccc(N(c2ccc([N+](=O)[O-])cc2[N+](=O)[O-])n2cnnc2)cc1. The molecular formula is C15H9N7O4.